The molecule has 24 heavy (non-hydrogen) atoms. The summed E-state index contributed by atoms with van der Waals surface area (Å²) in [4.78, 5) is 17.2. The van der Waals surface area contributed by atoms with Crippen molar-refractivity contribution in [1.82, 2.24) is 0 Å². The summed E-state index contributed by atoms with van der Waals surface area (Å²) in [7, 11) is 3.11. The van der Waals surface area contributed by atoms with Crippen molar-refractivity contribution in [2.45, 2.75) is 13.0 Å². The molecule has 0 fully saturated rings. The van der Waals surface area contributed by atoms with Crippen LogP contribution in [0.25, 0.3) is 0 Å². The lowest BCUT2D eigenvalue weighted by Gasteiger charge is -2.11. The molecular weight excluding hydrogens is 308 g/mol. The minimum Gasteiger partial charge on any atom is -0.493 e. The molecule has 0 saturated heterocycles. The molecule has 0 radical (unpaired) electrons. The summed E-state index contributed by atoms with van der Waals surface area (Å²) in [6.45, 7) is 1.62. The molecule has 0 saturated carbocycles. The van der Waals surface area contributed by atoms with E-state index in [1.165, 1.54) is 6.21 Å². The smallest absolute Gasteiger partial charge is 0.267 e. The maximum Gasteiger partial charge on any atom is 0.267 e. The molecule has 0 aliphatic rings. The molecule has 1 N–H and O–H groups in total. The Labute approximate surface area is 141 Å². The summed E-state index contributed by atoms with van der Waals surface area (Å²) in [6.07, 6.45) is 0.742. The van der Waals surface area contributed by atoms with Crippen molar-refractivity contribution >= 4 is 17.8 Å². The lowest BCUT2D eigenvalue weighted by Crippen LogP contribution is -2.26. The van der Waals surface area contributed by atoms with E-state index in [-0.39, 0.29) is 5.91 Å². The highest BCUT2D eigenvalue weighted by atomic mass is 16.6. The van der Waals surface area contributed by atoms with Crippen LogP contribution in [0.15, 0.2) is 53.7 Å². The average Bonchev–Trinajstić information content (AvgIpc) is 2.62. The summed E-state index contributed by atoms with van der Waals surface area (Å²) in [5.74, 6) is 0.862. The Kier molecular flexibility index (Phi) is 6.19. The minimum absolute atomic E-state index is 0.282. The van der Waals surface area contributed by atoms with Crippen LogP contribution in [-0.2, 0) is 9.63 Å². The first-order valence-electron chi connectivity index (χ1n) is 7.41. The average molecular weight is 328 g/mol. The van der Waals surface area contributed by atoms with E-state index < -0.39 is 6.10 Å². The number of carbonyl (C=O) groups excluding carboxylic acids is 1. The van der Waals surface area contributed by atoms with E-state index in [0.29, 0.717) is 22.7 Å². The van der Waals surface area contributed by atoms with Gasteiger partial charge in [-0.05, 0) is 31.2 Å². The van der Waals surface area contributed by atoms with Crippen LogP contribution >= 0.6 is 0 Å². The van der Waals surface area contributed by atoms with Crippen LogP contribution in [0.1, 0.15) is 12.5 Å². The molecule has 126 valence electrons. The first kappa shape index (κ1) is 17.3. The molecule has 0 aromatic heterocycles. The van der Waals surface area contributed by atoms with Crippen molar-refractivity contribution < 1.29 is 19.1 Å². The van der Waals surface area contributed by atoms with Crippen molar-refractivity contribution in [2.75, 3.05) is 19.5 Å². The number of methoxy groups -OCH3 is 2. The zero-order valence-electron chi connectivity index (χ0n) is 13.9. The van der Waals surface area contributed by atoms with Crippen LogP contribution in [0.2, 0.25) is 0 Å². The fraction of sp³-hybridized carbons (Fsp3) is 0.222. The highest BCUT2D eigenvalue weighted by Gasteiger charge is 2.14. The number of nitrogens with one attached hydrogen (secondary N) is 1. The zero-order chi connectivity index (χ0) is 17.4. The maximum atomic E-state index is 12.0. The van der Waals surface area contributed by atoms with Crippen molar-refractivity contribution in [3.8, 4) is 11.5 Å². The molecule has 0 aliphatic carbocycles. The standard InChI is InChI=1S/C18H20N2O4/c1-13(18(21)20-15-9-5-4-6-10-15)24-19-12-14-8-7-11-16(22-2)17(14)23-3/h4-13H,1-3H3,(H,20,21)/b19-12-/t13-/m0/s1. The molecule has 0 unspecified atom stereocenters. The summed E-state index contributed by atoms with van der Waals surface area (Å²) in [5.41, 5.74) is 1.39. The van der Waals surface area contributed by atoms with Gasteiger partial charge in [-0.3, -0.25) is 4.79 Å². The molecule has 2 rings (SSSR count). The molecule has 6 heteroatoms. The van der Waals surface area contributed by atoms with Crippen molar-refractivity contribution in [1.29, 1.82) is 0 Å². The van der Waals surface area contributed by atoms with Crippen LogP contribution in [0.5, 0.6) is 11.5 Å². The number of carbonyl (C=O) groups is 1. The minimum atomic E-state index is -0.738. The molecule has 2 aromatic rings. The van der Waals surface area contributed by atoms with Crippen LogP contribution in [0, 0.1) is 0 Å². The molecule has 2 aromatic carbocycles. The number of rotatable bonds is 7. The van der Waals surface area contributed by atoms with Gasteiger partial charge in [0.2, 0.25) is 6.10 Å². The molecular formula is C18H20N2O4. The number of nitrogens with zero attached hydrogens (tertiary/aromatic N) is 1. The summed E-state index contributed by atoms with van der Waals surface area (Å²) in [5, 5.41) is 6.62. The second kappa shape index (κ2) is 8.57. The predicted octanol–water partition coefficient (Wildman–Crippen LogP) is 3.08. The van der Waals surface area contributed by atoms with Gasteiger partial charge in [-0.1, -0.05) is 29.4 Å². The number of oxime groups is 1. The topological polar surface area (TPSA) is 69.2 Å². The van der Waals surface area contributed by atoms with Crippen molar-refractivity contribution in [3.05, 3.63) is 54.1 Å². The third kappa shape index (κ3) is 4.49. The number of hydrogen-bond donors (Lipinski definition) is 1. The Morgan fingerprint density at radius 1 is 1.08 bits per heavy atom. The van der Waals surface area contributed by atoms with Crippen LogP contribution in [0.4, 0.5) is 5.69 Å². The predicted molar refractivity (Wildman–Crippen MR) is 92.8 cm³/mol. The molecule has 1 atom stereocenters. The summed E-state index contributed by atoms with van der Waals surface area (Å²) >= 11 is 0. The number of ether oxygens (including phenoxy) is 2. The maximum absolute atomic E-state index is 12.0. The first-order chi connectivity index (χ1) is 11.7. The normalized spacial score (nSPS) is 11.8. The Balaban J connectivity index is 1.97. The van der Waals surface area contributed by atoms with Gasteiger partial charge >= 0.3 is 0 Å². The molecule has 0 aliphatic heterocycles. The molecule has 0 bridgehead atoms. The van der Waals surface area contributed by atoms with Gasteiger partial charge in [-0.2, -0.15) is 0 Å². The fourth-order valence-electron chi connectivity index (χ4n) is 2.01. The second-order valence-corrected chi connectivity index (χ2v) is 4.92. The lowest BCUT2D eigenvalue weighted by atomic mass is 10.2. The zero-order valence-corrected chi connectivity index (χ0v) is 13.9. The number of amides is 1. The van der Waals surface area contributed by atoms with Crippen molar-refractivity contribution in [2.24, 2.45) is 5.16 Å². The molecule has 0 heterocycles. The second-order valence-electron chi connectivity index (χ2n) is 4.92. The van der Waals surface area contributed by atoms with E-state index in [2.05, 4.69) is 10.5 Å². The molecule has 6 nitrogen and oxygen atoms in total. The summed E-state index contributed by atoms with van der Waals surface area (Å²) < 4.78 is 10.5. The number of hydrogen-bond acceptors (Lipinski definition) is 5. The highest BCUT2D eigenvalue weighted by Crippen LogP contribution is 2.29. The lowest BCUT2D eigenvalue weighted by molar-refractivity contribution is -0.126. The number of para-hydroxylation sites is 2. The van der Waals surface area contributed by atoms with Gasteiger partial charge in [0.25, 0.3) is 5.91 Å². The Hall–Kier alpha value is -3.02. The van der Waals surface area contributed by atoms with Gasteiger partial charge in [-0.15, -0.1) is 0 Å². The number of benzene rings is 2. The van der Waals surface area contributed by atoms with Crippen LogP contribution in [-0.4, -0.2) is 32.4 Å². The molecule has 1 amide bonds. The number of anilines is 1. The quantitative estimate of drug-likeness (QED) is 0.626. The monoisotopic (exact) mass is 328 g/mol. The Bertz CT molecular complexity index is 701. The van der Waals surface area contributed by atoms with E-state index in [9.17, 15) is 4.79 Å². The highest BCUT2D eigenvalue weighted by molar-refractivity contribution is 5.94. The van der Waals surface area contributed by atoms with E-state index in [4.69, 9.17) is 14.3 Å². The Morgan fingerprint density at radius 3 is 2.50 bits per heavy atom. The largest absolute Gasteiger partial charge is 0.493 e. The fourth-order valence-corrected chi connectivity index (χ4v) is 2.01. The molecule has 0 spiro atoms. The van der Waals surface area contributed by atoms with E-state index >= 15 is 0 Å². The van der Waals surface area contributed by atoms with Gasteiger partial charge < -0.3 is 19.6 Å². The third-order valence-electron chi connectivity index (χ3n) is 3.25. The van der Waals surface area contributed by atoms with Gasteiger partial charge in [-0.25, -0.2) is 0 Å². The van der Waals surface area contributed by atoms with Gasteiger partial charge in [0.1, 0.15) is 0 Å². The van der Waals surface area contributed by atoms with Gasteiger partial charge in [0, 0.05) is 11.3 Å². The van der Waals surface area contributed by atoms with E-state index in [0.717, 1.165) is 0 Å². The first-order valence-corrected chi connectivity index (χ1v) is 7.41. The van der Waals surface area contributed by atoms with Crippen LogP contribution < -0.4 is 14.8 Å². The Morgan fingerprint density at radius 2 is 1.83 bits per heavy atom. The SMILES string of the molecule is COc1cccc(/C=N\O[C@@H](C)C(=O)Nc2ccccc2)c1OC. The van der Waals surface area contributed by atoms with Gasteiger partial charge in [0.05, 0.1) is 20.4 Å². The van der Waals surface area contributed by atoms with Crippen molar-refractivity contribution in [3.63, 3.8) is 0 Å². The van der Waals surface area contributed by atoms with E-state index in [1.54, 1.807) is 39.3 Å². The van der Waals surface area contributed by atoms with Crippen LogP contribution in [0.3, 0.4) is 0 Å². The summed E-state index contributed by atoms with van der Waals surface area (Å²) in [6, 6.07) is 14.6. The van der Waals surface area contributed by atoms with Gasteiger partial charge in [0.15, 0.2) is 11.5 Å². The third-order valence-corrected chi connectivity index (χ3v) is 3.25. The van der Waals surface area contributed by atoms with E-state index in [1.807, 2.05) is 30.3 Å².